The topological polar surface area (TPSA) is 149 Å². The van der Waals surface area contributed by atoms with Crippen LogP contribution >= 0.6 is 23.1 Å². The third-order valence-corrected chi connectivity index (χ3v) is 8.17. The summed E-state index contributed by atoms with van der Waals surface area (Å²) in [7, 11) is 0. The first kappa shape index (κ1) is 26.6. The fraction of sp³-hybridized carbons (Fsp3) is 0.185. The van der Waals surface area contributed by atoms with Crippen LogP contribution in [0.4, 0.5) is 16.4 Å². The first-order valence-electron chi connectivity index (χ1n) is 11.6. The Morgan fingerprint density at radius 3 is 2.58 bits per heavy atom. The van der Waals surface area contributed by atoms with Gasteiger partial charge in [-0.25, -0.2) is 0 Å². The molecule has 0 atom stereocenters. The summed E-state index contributed by atoms with van der Waals surface area (Å²) in [5.41, 5.74) is 1.76. The van der Waals surface area contributed by atoms with Gasteiger partial charge in [0.1, 0.15) is 22.7 Å². The van der Waals surface area contributed by atoms with Crippen LogP contribution in [-0.4, -0.2) is 16.7 Å². The molecule has 1 heterocycles. The number of nitrogens with one attached hydrogen (secondary N) is 2. The van der Waals surface area contributed by atoms with Crippen LogP contribution < -0.4 is 10.6 Å². The highest BCUT2D eigenvalue weighted by molar-refractivity contribution is 7.99. The second kappa shape index (κ2) is 11.7. The van der Waals surface area contributed by atoms with E-state index >= 15 is 0 Å². The molecule has 38 heavy (non-hydrogen) atoms. The average molecular weight is 544 g/mol. The largest absolute Gasteiger partial charge is 0.325 e. The van der Waals surface area contributed by atoms with E-state index in [2.05, 4.69) is 16.7 Å². The van der Waals surface area contributed by atoms with E-state index in [-0.39, 0.29) is 17.2 Å². The Morgan fingerprint density at radius 2 is 1.87 bits per heavy atom. The number of fused-ring (bicyclic) bond motifs is 1. The highest BCUT2D eigenvalue weighted by Gasteiger charge is 2.23. The summed E-state index contributed by atoms with van der Waals surface area (Å²) in [5.74, 6) is -0.957. The maximum atomic E-state index is 13.1. The lowest BCUT2D eigenvalue weighted by atomic mass is 9.96. The van der Waals surface area contributed by atoms with Crippen molar-refractivity contribution in [3.05, 3.63) is 79.7 Å². The highest BCUT2D eigenvalue weighted by Crippen LogP contribution is 2.39. The third kappa shape index (κ3) is 5.92. The molecule has 9 nitrogen and oxygen atoms in total. The van der Waals surface area contributed by atoms with Gasteiger partial charge in [0.15, 0.2) is 0 Å². The quantitative estimate of drug-likeness (QED) is 0.159. The molecule has 11 heteroatoms. The van der Waals surface area contributed by atoms with Gasteiger partial charge in [0.2, 0.25) is 5.91 Å². The minimum atomic E-state index is -0.705. The van der Waals surface area contributed by atoms with E-state index in [4.69, 9.17) is 0 Å². The van der Waals surface area contributed by atoms with Crippen molar-refractivity contribution < 1.29 is 14.5 Å². The molecule has 0 spiro atoms. The lowest BCUT2D eigenvalue weighted by Crippen LogP contribution is -2.13. The van der Waals surface area contributed by atoms with Gasteiger partial charge in [-0.05, 0) is 61.1 Å². The predicted molar refractivity (Wildman–Crippen MR) is 146 cm³/mol. The van der Waals surface area contributed by atoms with Crippen LogP contribution in [0.3, 0.4) is 0 Å². The van der Waals surface area contributed by atoms with Crippen LogP contribution in [-0.2, 0) is 22.4 Å². The van der Waals surface area contributed by atoms with Crippen LogP contribution in [0.2, 0.25) is 0 Å². The number of anilines is 2. The van der Waals surface area contributed by atoms with E-state index in [1.807, 2.05) is 6.07 Å². The van der Waals surface area contributed by atoms with Crippen molar-refractivity contribution >= 4 is 57.4 Å². The SMILES string of the molecule is CC(=O)Nc1ccccc1Sc1ccc([N+](=O)[O-])cc1/C=C(/C#N)C(=O)Nc1sc2c(c1C#N)CCCC2. The minimum Gasteiger partial charge on any atom is -0.325 e. The summed E-state index contributed by atoms with van der Waals surface area (Å²) in [4.78, 5) is 37.9. The van der Waals surface area contributed by atoms with Crippen LogP contribution in [0.1, 0.15) is 41.3 Å². The number of benzene rings is 2. The Bertz CT molecular complexity index is 1560. The van der Waals surface area contributed by atoms with Crippen molar-refractivity contribution in [3.63, 3.8) is 0 Å². The minimum absolute atomic E-state index is 0.203. The van der Waals surface area contributed by atoms with E-state index < -0.39 is 10.8 Å². The van der Waals surface area contributed by atoms with Crippen LogP contribution in [0.5, 0.6) is 0 Å². The smallest absolute Gasteiger partial charge is 0.270 e. The molecule has 0 saturated carbocycles. The molecule has 0 fully saturated rings. The van der Waals surface area contributed by atoms with Gasteiger partial charge in [-0.15, -0.1) is 11.3 Å². The first-order chi connectivity index (χ1) is 18.3. The Morgan fingerprint density at radius 1 is 1.11 bits per heavy atom. The molecule has 0 unspecified atom stereocenters. The molecule has 0 aliphatic heterocycles. The number of nitro benzene ring substituents is 1. The first-order valence-corrected chi connectivity index (χ1v) is 13.2. The number of hydrogen-bond acceptors (Lipinski definition) is 8. The number of amides is 2. The number of nitro groups is 1. The molecule has 2 aromatic carbocycles. The fourth-order valence-electron chi connectivity index (χ4n) is 4.07. The van der Waals surface area contributed by atoms with Crippen LogP contribution in [0.25, 0.3) is 6.08 Å². The molecule has 2 amide bonds. The van der Waals surface area contributed by atoms with Gasteiger partial charge in [-0.1, -0.05) is 23.9 Å². The van der Waals surface area contributed by atoms with E-state index in [9.17, 15) is 30.2 Å². The molecule has 0 saturated heterocycles. The van der Waals surface area contributed by atoms with Gasteiger partial charge >= 0.3 is 0 Å². The van der Waals surface area contributed by atoms with Crippen molar-refractivity contribution in [2.45, 2.75) is 42.4 Å². The van der Waals surface area contributed by atoms with Crippen molar-refractivity contribution in [3.8, 4) is 12.1 Å². The third-order valence-electron chi connectivity index (χ3n) is 5.80. The summed E-state index contributed by atoms with van der Waals surface area (Å²) in [6.45, 7) is 1.39. The number of carbonyl (C=O) groups is 2. The molecule has 3 aromatic rings. The van der Waals surface area contributed by atoms with Gasteiger partial charge in [-0.2, -0.15) is 10.5 Å². The molecule has 0 bridgehead atoms. The second-order valence-corrected chi connectivity index (χ2v) is 10.6. The Labute approximate surface area is 226 Å². The lowest BCUT2D eigenvalue weighted by Gasteiger charge is -2.11. The zero-order valence-electron chi connectivity index (χ0n) is 20.2. The zero-order valence-corrected chi connectivity index (χ0v) is 21.9. The van der Waals surface area contributed by atoms with Crippen LogP contribution in [0.15, 0.2) is 57.8 Å². The molecule has 0 radical (unpaired) electrons. The van der Waals surface area contributed by atoms with E-state index in [0.29, 0.717) is 31.6 Å². The average Bonchev–Trinajstić information content (AvgIpc) is 3.25. The van der Waals surface area contributed by atoms with Crippen molar-refractivity contribution in [1.29, 1.82) is 10.5 Å². The summed E-state index contributed by atoms with van der Waals surface area (Å²) in [6, 6.07) is 15.3. The van der Waals surface area contributed by atoms with Gasteiger partial charge in [-0.3, -0.25) is 19.7 Å². The number of nitriles is 2. The Hall–Kier alpha value is -4.45. The molecule has 4 rings (SSSR count). The molecular weight excluding hydrogens is 522 g/mol. The van der Waals surface area contributed by atoms with E-state index in [1.54, 1.807) is 24.3 Å². The maximum Gasteiger partial charge on any atom is 0.270 e. The predicted octanol–water partition coefficient (Wildman–Crippen LogP) is 6.06. The molecule has 2 N–H and O–H groups in total. The standard InChI is InChI=1S/C27H21N5O4S2/c1-16(33)30-22-7-3-5-9-25(22)37-23-11-10-19(32(35)36)13-17(23)12-18(14-28)26(34)31-27-21(15-29)20-6-2-4-8-24(20)38-27/h3,5,7,9-13H,2,4,6,8H2,1H3,(H,30,33)(H,31,34)/b18-12-. The van der Waals surface area contributed by atoms with Gasteiger partial charge < -0.3 is 10.6 Å². The number of nitrogens with zero attached hydrogens (tertiary/aromatic N) is 3. The number of carbonyl (C=O) groups excluding carboxylic acids is 2. The number of rotatable bonds is 7. The molecule has 1 aliphatic rings. The lowest BCUT2D eigenvalue weighted by molar-refractivity contribution is -0.384. The Balaban J connectivity index is 1.70. The normalized spacial score (nSPS) is 12.6. The van der Waals surface area contributed by atoms with Gasteiger partial charge in [0, 0.05) is 33.7 Å². The summed E-state index contributed by atoms with van der Waals surface area (Å²) in [5, 5.41) is 36.8. The van der Waals surface area contributed by atoms with Crippen molar-refractivity contribution in [2.24, 2.45) is 0 Å². The molecular formula is C27H21N5O4S2. The fourth-order valence-corrected chi connectivity index (χ4v) is 6.29. The van der Waals surface area contributed by atoms with Crippen LogP contribution in [0, 0.1) is 32.8 Å². The van der Waals surface area contributed by atoms with E-state index in [0.717, 1.165) is 36.1 Å². The zero-order chi connectivity index (χ0) is 27.2. The number of aryl methyl sites for hydroxylation is 1. The Kier molecular flexibility index (Phi) is 8.22. The number of hydrogen-bond donors (Lipinski definition) is 2. The summed E-state index contributed by atoms with van der Waals surface area (Å²) >= 11 is 2.58. The van der Waals surface area contributed by atoms with Gasteiger partial charge in [0.05, 0.1) is 16.2 Å². The van der Waals surface area contributed by atoms with Crippen molar-refractivity contribution in [1.82, 2.24) is 0 Å². The second-order valence-electron chi connectivity index (χ2n) is 8.41. The van der Waals surface area contributed by atoms with Crippen molar-refractivity contribution in [2.75, 3.05) is 10.6 Å². The monoisotopic (exact) mass is 543 g/mol. The molecule has 190 valence electrons. The number of para-hydroxylation sites is 1. The van der Waals surface area contributed by atoms with E-state index in [1.165, 1.54) is 54.3 Å². The van der Waals surface area contributed by atoms with Gasteiger partial charge in [0.25, 0.3) is 11.6 Å². The highest BCUT2D eigenvalue weighted by atomic mass is 32.2. The summed E-state index contributed by atoms with van der Waals surface area (Å²) in [6.07, 6.45) is 4.92. The maximum absolute atomic E-state index is 13.1. The summed E-state index contributed by atoms with van der Waals surface area (Å²) < 4.78 is 0. The number of non-ortho nitro benzene ring substituents is 1. The molecule has 1 aromatic heterocycles. The number of thiophene rings is 1. The molecule has 1 aliphatic carbocycles.